The molecule has 0 bridgehead atoms. The Labute approximate surface area is 122 Å². The molecule has 2 heterocycles. The van der Waals surface area contributed by atoms with Gasteiger partial charge in [0.05, 0.1) is 16.8 Å². The summed E-state index contributed by atoms with van der Waals surface area (Å²) in [5.41, 5.74) is 7.58. The number of benzene rings is 1. The summed E-state index contributed by atoms with van der Waals surface area (Å²) in [4.78, 5) is 20.0. The van der Waals surface area contributed by atoms with Crippen LogP contribution in [0.3, 0.4) is 0 Å². The molecule has 1 amide bonds. The van der Waals surface area contributed by atoms with Gasteiger partial charge in [0.15, 0.2) is 5.13 Å². The lowest BCUT2D eigenvalue weighted by atomic mass is 10.2. The van der Waals surface area contributed by atoms with Gasteiger partial charge in [0.1, 0.15) is 0 Å². The Morgan fingerprint density at radius 3 is 2.75 bits per heavy atom. The Hall–Kier alpha value is -1.66. The Balaban J connectivity index is 1.73. The topological polar surface area (TPSA) is 62.5 Å². The number of thiazole rings is 1. The first-order valence-corrected chi connectivity index (χ1v) is 7.57. The van der Waals surface area contributed by atoms with Crippen LogP contribution in [0, 0.1) is 6.92 Å². The molecule has 0 atom stereocenters. The molecular formula is C14H18N4OS. The van der Waals surface area contributed by atoms with E-state index in [4.69, 9.17) is 10.7 Å². The van der Waals surface area contributed by atoms with Gasteiger partial charge in [-0.1, -0.05) is 23.5 Å². The number of rotatable bonds is 3. The first-order chi connectivity index (χ1) is 9.63. The van der Waals surface area contributed by atoms with Crippen LogP contribution in [0.25, 0.3) is 10.2 Å². The summed E-state index contributed by atoms with van der Waals surface area (Å²) in [6.07, 6.45) is 0. The van der Waals surface area contributed by atoms with Crippen molar-refractivity contribution in [1.29, 1.82) is 0 Å². The van der Waals surface area contributed by atoms with Crippen molar-refractivity contribution in [2.45, 2.75) is 6.92 Å². The highest BCUT2D eigenvalue weighted by atomic mass is 32.1. The molecule has 2 aromatic rings. The third kappa shape index (κ3) is 2.62. The van der Waals surface area contributed by atoms with E-state index in [0.717, 1.165) is 36.8 Å². The molecule has 1 saturated heterocycles. The summed E-state index contributed by atoms with van der Waals surface area (Å²) in [5, 5.41) is 1.08. The number of primary amides is 1. The van der Waals surface area contributed by atoms with Crippen molar-refractivity contribution in [2.75, 3.05) is 37.6 Å². The minimum absolute atomic E-state index is 0.255. The SMILES string of the molecule is Cc1cccc2nc(N3CCN(CC(N)=O)CC3)sc12. The highest BCUT2D eigenvalue weighted by Gasteiger charge is 2.20. The standard InChI is InChI=1S/C14H18N4OS/c1-10-3-2-4-11-13(10)20-14(16-11)18-7-5-17(6-8-18)9-12(15)19/h2-4H,5-9H2,1H3,(H2,15,19). The molecule has 1 fully saturated rings. The fourth-order valence-corrected chi connectivity index (χ4v) is 3.61. The van der Waals surface area contributed by atoms with Crippen molar-refractivity contribution in [1.82, 2.24) is 9.88 Å². The predicted octanol–water partition coefficient (Wildman–Crippen LogP) is 1.21. The largest absolute Gasteiger partial charge is 0.369 e. The maximum Gasteiger partial charge on any atom is 0.231 e. The molecule has 2 N–H and O–H groups in total. The zero-order valence-corrected chi connectivity index (χ0v) is 12.3. The number of hydrogen-bond donors (Lipinski definition) is 1. The molecule has 1 aromatic heterocycles. The Bertz CT molecular complexity index is 631. The van der Waals surface area contributed by atoms with Crippen LogP contribution < -0.4 is 10.6 Å². The van der Waals surface area contributed by atoms with Crippen LogP contribution in [0.5, 0.6) is 0 Å². The first-order valence-electron chi connectivity index (χ1n) is 6.75. The number of hydrogen-bond acceptors (Lipinski definition) is 5. The summed E-state index contributed by atoms with van der Waals surface area (Å²) >= 11 is 1.75. The number of aryl methyl sites for hydroxylation is 1. The summed E-state index contributed by atoms with van der Waals surface area (Å²) in [6, 6.07) is 6.23. The van der Waals surface area contributed by atoms with Crippen molar-refractivity contribution < 1.29 is 4.79 Å². The van der Waals surface area contributed by atoms with Gasteiger partial charge < -0.3 is 10.6 Å². The molecule has 0 saturated carbocycles. The number of carbonyl (C=O) groups is 1. The van der Waals surface area contributed by atoms with Crippen LogP contribution in [0.1, 0.15) is 5.56 Å². The van der Waals surface area contributed by atoms with Crippen LogP contribution >= 0.6 is 11.3 Å². The fourth-order valence-electron chi connectivity index (χ4n) is 2.53. The van der Waals surface area contributed by atoms with Crippen molar-refractivity contribution in [3.8, 4) is 0 Å². The predicted molar refractivity (Wildman–Crippen MR) is 82.2 cm³/mol. The van der Waals surface area contributed by atoms with Gasteiger partial charge in [0.2, 0.25) is 5.91 Å². The monoisotopic (exact) mass is 290 g/mol. The van der Waals surface area contributed by atoms with Gasteiger partial charge in [-0.3, -0.25) is 9.69 Å². The van der Waals surface area contributed by atoms with Crippen LogP contribution in [-0.4, -0.2) is 48.5 Å². The molecule has 1 aromatic carbocycles. The number of fused-ring (bicyclic) bond motifs is 1. The second-order valence-electron chi connectivity index (χ2n) is 5.15. The highest BCUT2D eigenvalue weighted by molar-refractivity contribution is 7.22. The van der Waals surface area contributed by atoms with E-state index < -0.39 is 0 Å². The molecular weight excluding hydrogens is 272 g/mol. The Morgan fingerprint density at radius 1 is 1.35 bits per heavy atom. The normalized spacial score (nSPS) is 16.8. The quantitative estimate of drug-likeness (QED) is 0.923. The van der Waals surface area contributed by atoms with Gasteiger partial charge in [0.25, 0.3) is 0 Å². The first kappa shape index (κ1) is 13.3. The lowest BCUT2D eigenvalue weighted by Gasteiger charge is -2.33. The van der Waals surface area contributed by atoms with Crippen LogP contribution in [0.15, 0.2) is 18.2 Å². The average Bonchev–Trinajstić information content (AvgIpc) is 2.84. The lowest BCUT2D eigenvalue weighted by molar-refractivity contribution is -0.119. The molecule has 5 nitrogen and oxygen atoms in total. The van der Waals surface area contributed by atoms with Crippen molar-refractivity contribution in [2.24, 2.45) is 5.73 Å². The smallest absolute Gasteiger partial charge is 0.231 e. The van der Waals surface area contributed by atoms with Crippen molar-refractivity contribution in [3.63, 3.8) is 0 Å². The number of amides is 1. The third-order valence-corrected chi connectivity index (χ3v) is 4.89. The number of anilines is 1. The maximum atomic E-state index is 10.9. The van der Waals surface area contributed by atoms with E-state index in [-0.39, 0.29) is 5.91 Å². The number of nitrogens with zero attached hydrogens (tertiary/aromatic N) is 3. The Morgan fingerprint density at radius 2 is 2.10 bits per heavy atom. The third-order valence-electron chi connectivity index (χ3n) is 3.62. The minimum Gasteiger partial charge on any atom is -0.369 e. The van der Waals surface area contributed by atoms with E-state index in [1.54, 1.807) is 11.3 Å². The lowest BCUT2D eigenvalue weighted by Crippen LogP contribution is -2.48. The Kier molecular flexibility index (Phi) is 3.58. The van der Waals surface area contributed by atoms with E-state index in [9.17, 15) is 4.79 Å². The second-order valence-corrected chi connectivity index (χ2v) is 6.13. The maximum absolute atomic E-state index is 10.9. The fraction of sp³-hybridized carbons (Fsp3) is 0.429. The number of aromatic nitrogens is 1. The average molecular weight is 290 g/mol. The summed E-state index contributed by atoms with van der Waals surface area (Å²) in [7, 11) is 0. The summed E-state index contributed by atoms with van der Waals surface area (Å²) in [6.45, 7) is 5.98. The van der Waals surface area contributed by atoms with Gasteiger partial charge in [-0.2, -0.15) is 0 Å². The molecule has 0 radical (unpaired) electrons. The molecule has 20 heavy (non-hydrogen) atoms. The van der Waals surface area contributed by atoms with Crippen LogP contribution in [0.4, 0.5) is 5.13 Å². The number of nitrogens with two attached hydrogens (primary N) is 1. The van der Waals surface area contributed by atoms with Crippen molar-refractivity contribution >= 4 is 32.6 Å². The summed E-state index contributed by atoms with van der Waals surface area (Å²) in [5.74, 6) is -0.255. The van der Waals surface area contributed by atoms with Gasteiger partial charge >= 0.3 is 0 Å². The van der Waals surface area contributed by atoms with Crippen molar-refractivity contribution in [3.05, 3.63) is 23.8 Å². The number of carbonyl (C=O) groups excluding carboxylic acids is 1. The molecule has 0 unspecified atom stereocenters. The molecule has 1 aliphatic rings. The van der Waals surface area contributed by atoms with Gasteiger partial charge in [-0.25, -0.2) is 4.98 Å². The van der Waals surface area contributed by atoms with E-state index in [0.29, 0.717) is 6.54 Å². The van der Waals surface area contributed by atoms with Gasteiger partial charge in [-0.05, 0) is 18.6 Å². The zero-order chi connectivity index (χ0) is 14.1. The molecule has 6 heteroatoms. The van der Waals surface area contributed by atoms with Crippen LogP contribution in [0.2, 0.25) is 0 Å². The molecule has 106 valence electrons. The minimum atomic E-state index is -0.255. The van der Waals surface area contributed by atoms with E-state index in [1.165, 1.54) is 10.3 Å². The van der Waals surface area contributed by atoms with Crippen LogP contribution in [-0.2, 0) is 4.79 Å². The van der Waals surface area contributed by atoms with E-state index >= 15 is 0 Å². The molecule has 3 rings (SSSR count). The number of piperazine rings is 1. The van der Waals surface area contributed by atoms with E-state index in [1.807, 2.05) is 6.07 Å². The molecule has 1 aliphatic heterocycles. The second kappa shape index (κ2) is 5.38. The molecule has 0 aliphatic carbocycles. The van der Waals surface area contributed by atoms with E-state index in [2.05, 4.69) is 28.9 Å². The summed E-state index contributed by atoms with van der Waals surface area (Å²) < 4.78 is 1.27. The molecule has 0 spiro atoms. The van der Waals surface area contributed by atoms with Gasteiger partial charge in [0, 0.05) is 26.2 Å². The van der Waals surface area contributed by atoms with Gasteiger partial charge in [-0.15, -0.1) is 0 Å². The zero-order valence-electron chi connectivity index (χ0n) is 11.5. The highest BCUT2D eigenvalue weighted by Crippen LogP contribution is 2.31.